The Balaban J connectivity index is 0.00000136. The fourth-order valence-electron chi connectivity index (χ4n) is 2.36. The van der Waals surface area contributed by atoms with Crippen LogP contribution in [0.25, 0.3) is 11.1 Å². The van der Waals surface area contributed by atoms with Crippen LogP contribution in [0.2, 0.25) is 0 Å². The second-order valence-corrected chi connectivity index (χ2v) is 5.29. The second-order valence-electron chi connectivity index (χ2n) is 5.29. The molecule has 0 aliphatic rings. The summed E-state index contributed by atoms with van der Waals surface area (Å²) in [5, 5.41) is 0. The van der Waals surface area contributed by atoms with E-state index in [1.165, 1.54) is 19.5 Å². The van der Waals surface area contributed by atoms with Crippen molar-refractivity contribution >= 4 is 5.95 Å². The van der Waals surface area contributed by atoms with E-state index in [0.717, 1.165) is 11.1 Å². The van der Waals surface area contributed by atoms with E-state index in [9.17, 15) is 8.78 Å². The molecule has 0 bridgehead atoms. The number of halogens is 2. The minimum absolute atomic E-state index is 0.175. The third-order valence-corrected chi connectivity index (χ3v) is 3.50. The molecular formula is C19H21F2N5O2. The molecule has 3 aromatic heterocycles. The van der Waals surface area contributed by atoms with Gasteiger partial charge in [0.2, 0.25) is 17.7 Å². The first-order chi connectivity index (χ1) is 13.5. The molecule has 2 N–H and O–H groups in total. The summed E-state index contributed by atoms with van der Waals surface area (Å²) >= 11 is 0. The molecule has 3 rings (SSSR count). The number of anilines is 1. The van der Waals surface area contributed by atoms with Crippen molar-refractivity contribution in [3.05, 3.63) is 54.1 Å². The molecule has 0 fully saturated rings. The largest absolute Gasteiger partial charge is 0.481 e. The molecule has 0 amide bonds. The molecule has 0 radical (unpaired) electrons. The number of nitrogens with two attached hydrogens (primary N) is 1. The lowest BCUT2D eigenvalue weighted by atomic mass is 10.0. The number of hydrogen-bond acceptors (Lipinski definition) is 7. The molecule has 0 spiro atoms. The SMILES string of the molecule is CC.COc1cc(-c2cc(Cc3cnc(N)nc3)cnc2OC(F)F)ccn1. The van der Waals surface area contributed by atoms with Crippen LogP contribution in [0.5, 0.6) is 11.8 Å². The lowest BCUT2D eigenvalue weighted by Gasteiger charge is -2.12. The number of pyridine rings is 2. The van der Waals surface area contributed by atoms with Gasteiger partial charge in [0.05, 0.1) is 7.11 Å². The van der Waals surface area contributed by atoms with Gasteiger partial charge < -0.3 is 15.2 Å². The maximum absolute atomic E-state index is 12.7. The summed E-state index contributed by atoms with van der Waals surface area (Å²) in [6.07, 6.45) is 6.64. The lowest BCUT2D eigenvalue weighted by Crippen LogP contribution is -2.06. The first-order valence-corrected chi connectivity index (χ1v) is 8.55. The van der Waals surface area contributed by atoms with Crippen LogP contribution in [-0.4, -0.2) is 33.7 Å². The van der Waals surface area contributed by atoms with Crippen LogP contribution < -0.4 is 15.2 Å². The molecule has 0 unspecified atom stereocenters. The van der Waals surface area contributed by atoms with Crippen LogP contribution in [0, 0.1) is 0 Å². The highest BCUT2D eigenvalue weighted by Gasteiger charge is 2.15. The third kappa shape index (κ3) is 5.57. The summed E-state index contributed by atoms with van der Waals surface area (Å²) in [6, 6.07) is 5.00. The molecule has 0 atom stereocenters. The molecule has 3 aromatic rings. The topological polar surface area (TPSA) is 96.0 Å². The van der Waals surface area contributed by atoms with Crippen LogP contribution in [-0.2, 0) is 6.42 Å². The number of nitrogen functional groups attached to an aromatic ring is 1. The molecule has 0 saturated carbocycles. The van der Waals surface area contributed by atoms with Crippen molar-refractivity contribution in [2.45, 2.75) is 26.9 Å². The normalized spacial score (nSPS) is 10.2. The predicted octanol–water partition coefficient (Wildman–Crippen LogP) is 3.74. The van der Waals surface area contributed by atoms with Crippen molar-refractivity contribution in [3.63, 3.8) is 0 Å². The maximum Gasteiger partial charge on any atom is 0.388 e. The summed E-state index contributed by atoms with van der Waals surface area (Å²) in [5.74, 6) is 0.352. The summed E-state index contributed by atoms with van der Waals surface area (Å²) in [4.78, 5) is 15.9. The first-order valence-electron chi connectivity index (χ1n) is 8.55. The Hall–Kier alpha value is -3.36. The molecule has 0 saturated heterocycles. The molecule has 0 aliphatic heterocycles. The Labute approximate surface area is 161 Å². The highest BCUT2D eigenvalue weighted by Crippen LogP contribution is 2.32. The minimum atomic E-state index is -2.98. The van der Waals surface area contributed by atoms with E-state index in [1.807, 2.05) is 13.8 Å². The highest BCUT2D eigenvalue weighted by molar-refractivity contribution is 5.69. The van der Waals surface area contributed by atoms with Crippen molar-refractivity contribution in [3.8, 4) is 22.9 Å². The minimum Gasteiger partial charge on any atom is -0.481 e. The van der Waals surface area contributed by atoms with E-state index in [2.05, 4.69) is 24.7 Å². The standard InChI is InChI=1S/C17H15F2N5O2.C2H6/c1-25-14-6-12(2-3-21-14)13-5-10(7-22-15(13)26-16(18)19)4-11-8-23-17(20)24-9-11;1-2/h2-3,5-9,16H,4H2,1H3,(H2,20,23,24);1-2H3. The molecule has 28 heavy (non-hydrogen) atoms. The maximum atomic E-state index is 12.7. The second kappa shape index (κ2) is 10.1. The van der Waals surface area contributed by atoms with Crippen LogP contribution in [0.1, 0.15) is 25.0 Å². The van der Waals surface area contributed by atoms with Gasteiger partial charge in [-0.2, -0.15) is 8.78 Å². The molecule has 9 heteroatoms. The van der Waals surface area contributed by atoms with Gasteiger partial charge in [-0.15, -0.1) is 0 Å². The Morgan fingerprint density at radius 1 is 1.00 bits per heavy atom. The van der Waals surface area contributed by atoms with E-state index >= 15 is 0 Å². The molecule has 0 aromatic carbocycles. The summed E-state index contributed by atoms with van der Waals surface area (Å²) in [7, 11) is 1.47. The van der Waals surface area contributed by atoms with Gasteiger partial charge >= 0.3 is 6.61 Å². The first kappa shape index (κ1) is 20.9. The lowest BCUT2D eigenvalue weighted by molar-refractivity contribution is -0.0524. The molecule has 0 aliphatic carbocycles. The summed E-state index contributed by atoms with van der Waals surface area (Å²) < 4.78 is 35.1. The van der Waals surface area contributed by atoms with Crippen LogP contribution >= 0.6 is 0 Å². The predicted molar refractivity (Wildman–Crippen MR) is 101 cm³/mol. The van der Waals surface area contributed by atoms with E-state index in [4.69, 9.17) is 10.5 Å². The quantitative estimate of drug-likeness (QED) is 0.686. The van der Waals surface area contributed by atoms with E-state index in [1.54, 1.807) is 30.6 Å². The zero-order valence-electron chi connectivity index (χ0n) is 15.8. The van der Waals surface area contributed by atoms with Crippen molar-refractivity contribution in [2.24, 2.45) is 0 Å². The monoisotopic (exact) mass is 389 g/mol. The Morgan fingerprint density at radius 2 is 1.68 bits per heavy atom. The van der Waals surface area contributed by atoms with Crippen molar-refractivity contribution < 1.29 is 18.3 Å². The van der Waals surface area contributed by atoms with Gasteiger partial charge in [-0.25, -0.2) is 19.9 Å². The number of hydrogen-bond donors (Lipinski definition) is 1. The number of aromatic nitrogens is 4. The van der Waals surface area contributed by atoms with Gasteiger partial charge in [0.25, 0.3) is 0 Å². The highest BCUT2D eigenvalue weighted by atomic mass is 19.3. The molecular weight excluding hydrogens is 368 g/mol. The fourth-order valence-corrected chi connectivity index (χ4v) is 2.36. The summed E-state index contributed by atoms with van der Waals surface area (Å²) in [5.41, 5.74) is 8.05. The van der Waals surface area contributed by atoms with Crippen molar-refractivity contribution in [1.29, 1.82) is 0 Å². The number of alkyl halides is 2. The number of nitrogens with zero attached hydrogens (tertiary/aromatic N) is 4. The van der Waals surface area contributed by atoms with Crippen LogP contribution in [0.15, 0.2) is 43.0 Å². The van der Waals surface area contributed by atoms with Gasteiger partial charge in [-0.3, -0.25) is 0 Å². The van der Waals surface area contributed by atoms with Crippen LogP contribution in [0.3, 0.4) is 0 Å². The average molecular weight is 389 g/mol. The average Bonchev–Trinajstić information content (AvgIpc) is 2.72. The van der Waals surface area contributed by atoms with Gasteiger partial charge in [0, 0.05) is 42.8 Å². The smallest absolute Gasteiger partial charge is 0.388 e. The fraction of sp³-hybridized carbons (Fsp3) is 0.263. The Morgan fingerprint density at radius 3 is 2.32 bits per heavy atom. The van der Waals surface area contributed by atoms with Crippen molar-refractivity contribution in [2.75, 3.05) is 12.8 Å². The number of methoxy groups -OCH3 is 1. The summed E-state index contributed by atoms with van der Waals surface area (Å²) in [6.45, 7) is 1.02. The van der Waals surface area contributed by atoms with Crippen LogP contribution in [0.4, 0.5) is 14.7 Å². The van der Waals surface area contributed by atoms with Gasteiger partial charge in [-0.1, -0.05) is 13.8 Å². The van der Waals surface area contributed by atoms with E-state index in [-0.39, 0.29) is 11.8 Å². The Kier molecular flexibility index (Phi) is 7.55. The van der Waals surface area contributed by atoms with Gasteiger partial charge in [0.15, 0.2) is 0 Å². The number of ether oxygens (including phenoxy) is 2. The Bertz CT molecular complexity index is 892. The zero-order chi connectivity index (χ0) is 20.5. The van der Waals surface area contributed by atoms with Crippen molar-refractivity contribution in [1.82, 2.24) is 19.9 Å². The third-order valence-electron chi connectivity index (χ3n) is 3.50. The number of rotatable bonds is 6. The molecule has 7 nitrogen and oxygen atoms in total. The van der Waals surface area contributed by atoms with Gasteiger partial charge in [-0.05, 0) is 28.8 Å². The van der Waals surface area contributed by atoms with Gasteiger partial charge in [0.1, 0.15) is 0 Å². The van der Waals surface area contributed by atoms with E-state index in [0.29, 0.717) is 23.4 Å². The molecule has 148 valence electrons. The zero-order valence-corrected chi connectivity index (χ0v) is 15.8. The molecule has 3 heterocycles. The van der Waals surface area contributed by atoms with E-state index < -0.39 is 6.61 Å².